The summed E-state index contributed by atoms with van der Waals surface area (Å²) in [6, 6.07) is 10.3. The maximum absolute atomic E-state index is 6.26. The van der Waals surface area contributed by atoms with E-state index in [0.29, 0.717) is 13.2 Å². The summed E-state index contributed by atoms with van der Waals surface area (Å²) in [5.41, 5.74) is 0.280. The quantitative estimate of drug-likeness (QED) is 0.719. The molecule has 114 valence electrons. The second-order valence-electron chi connectivity index (χ2n) is 7.85. The van der Waals surface area contributed by atoms with E-state index in [1.807, 2.05) is 6.07 Å². The van der Waals surface area contributed by atoms with Crippen LogP contribution in [0.5, 0.6) is 0 Å². The van der Waals surface area contributed by atoms with Crippen LogP contribution in [0.2, 0.25) is 0 Å². The maximum atomic E-state index is 6.26. The van der Waals surface area contributed by atoms with Gasteiger partial charge in [0.1, 0.15) is 6.66 Å². The molecule has 0 aliphatic carbocycles. The minimum atomic E-state index is -2.01. The molecule has 0 saturated carbocycles. The van der Waals surface area contributed by atoms with E-state index in [1.165, 1.54) is 5.30 Å². The standard InChI is InChI=1S/C17H30O2P/c1-16(2,3)13-18-20(7,19-14-17(4,5)6)15-11-9-8-10-12-15/h8-12H,13-14H2,1-7H3/q+1. The Kier molecular flexibility index (Phi) is 5.78. The van der Waals surface area contributed by atoms with E-state index in [1.54, 1.807) is 0 Å². The molecular weight excluding hydrogens is 267 g/mol. The first-order chi connectivity index (χ1) is 9.02. The number of benzene rings is 1. The Morgan fingerprint density at radius 2 is 1.20 bits per heavy atom. The van der Waals surface area contributed by atoms with Gasteiger partial charge in [-0.3, -0.25) is 0 Å². The molecule has 2 nitrogen and oxygen atoms in total. The zero-order chi connectivity index (χ0) is 15.4. The largest absolute Gasteiger partial charge is 0.304 e. The molecule has 0 radical (unpaired) electrons. The Labute approximate surface area is 125 Å². The Bertz CT molecular complexity index is 383. The van der Waals surface area contributed by atoms with Crippen molar-refractivity contribution in [1.29, 1.82) is 0 Å². The Morgan fingerprint density at radius 3 is 1.55 bits per heavy atom. The van der Waals surface area contributed by atoms with Crippen LogP contribution in [-0.4, -0.2) is 19.9 Å². The van der Waals surface area contributed by atoms with Gasteiger partial charge < -0.3 is 0 Å². The smallest absolute Gasteiger partial charge is 0.201 e. The van der Waals surface area contributed by atoms with Crippen molar-refractivity contribution in [2.24, 2.45) is 10.8 Å². The van der Waals surface area contributed by atoms with Crippen LogP contribution in [0.25, 0.3) is 0 Å². The third kappa shape index (κ3) is 6.35. The van der Waals surface area contributed by atoms with Crippen LogP contribution in [0, 0.1) is 10.8 Å². The fourth-order valence-electron chi connectivity index (χ4n) is 1.52. The Balaban J connectivity index is 2.88. The highest BCUT2D eigenvalue weighted by molar-refractivity contribution is 7.73. The van der Waals surface area contributed by atoms with Gasteiger partial charge in [-0.1, -0.05) is 59.7 Å². The van der Waals surface area contributed by atoms with E-state index < -0.39 is 7.72 Å². The number of hydrogen-bond donors (Lipinski definition) is 0. The molecule has 0 bridgehead atoms. The van der Waals surface area contributed by atoms with Gasteiger partial charge in [-0.2, -0.15) is 0 Å². The van der Waals surface area contributed by atoms with Crippen molar-refractivity contribution in [3.05, 3.63) is 30.3 Å². The third-order valence-corrected chi connectivity index (χ3v) is 5.19. The van der Waals surface area contributed by atoms with Crippen molar-refractivity contribution in [1.82, 2.24) is 0 Å². The fraction of sp³-hybridized carbons (Fsp3) is 0.647. The summed E-state index contributed by atoms with van der Waals surface area (Å²) in [6.07, 6.45) is 0. The molecule has 0 saturated heterocycles. The van der Waals surface area contributed by atoms with Crippen molar-refractivity contribution in [3.8, 4) is 0 Å². The SMILES string of the molecule is CC(C)(C)CO[P+](C)(OCC(C)(C)C)c1ccccc1. The van der Waals surface area contributed by atoms with Crippen molar-refractivity contribution in [2.45, 2.75) is 41.5 Å². The van der Waals surface area contributed by atoms with E-state index >= 15 is 0 Å². The fourth-order valence-corrected chi connectivity index (χ4v) is 3.87. The predicted octanol–water partition coefficient (Wildman–Crippen LogP) is 4.91. The van der Waals surface area contributed by atoms with Crippen LogP contribution in [0.4, 0.5) is 0 Å². The van der Waals surface area contributed by atoms with Crippen LogP contribution in [0.3, 0.4) is 0 Å². The zero-order valence-corrected chi connectivity index (χ0v) is 15.0. The van der Waals surface area contributed by atoms with Gasteiger partial charge in [0.2, 0.25) is 0 Å². The average molecular weight is 297 g/mol. The van der Waals surface area contributed by atoms with Crippen molar-refractivity contribution in [3.63, 3.8) is 0 Å². The highest BCUT2D eigenvalue weighted by Crippen LogP contribution is 2.57. The van der Waals surface area contributed by atoms with E-state index in [4.69, 9.17) is 9.05 Å². The zero-order valence-electron chi connectivity index (χ0n) is 14.1. The minimum Gasteiger partial charge on any atom is -0.201 e. The van der Waals surface area contributed by atoms with Crippen LogP contribution < -0.4 is 5.30 Å². The Morgan fingerprint density at radius 1 is 0.800 bits per heavy atom. The average Bonchev–Trinajstić information content (AvgIpc) is 2.33. The molecular formula is C17H30O2P+. The monoisotopic (exact) mass is 297 g/mol. The van der Waals surface area contributed by atoms with Gasteiger partial charge >= 0.3 is 7.72 Å². The van der Waals surface area contributed by atoms with Crippen LogP contribution >= 0.6 is 7.72 Å². The lowest BCUT2D eigenvalue weighted by molar-refractivity contribution is 0.144. The van der Waals surface area contributed by atoms with Crippen molar-refractivity contribution in [2.75, 3.05) is 19.9 Å². The lowest BCUT2D eigenvalue weighted by atomic mass is 9.99. The lowest BCUT2D eigenvalue weighted by Crippen LogP contribution is -2.24. The molecule has 0 aromatic heterocycles. The molecule has 0 unspecified atom stereocenters. The second-order valence-corrected chi connectivity index (χ2v) is 10.6. The van der Waals surface area contributed by atoms with Crippen LogP contribution in [-0.2, 0) is 9.05 Å². The van der Waals surface area contributed by atoms with Gasteiger partial charge in [0.25, 0.3) is 0 Å². The normalized spacial score (nSPS) is 13.6. The molecule has 1 aromatic rings. The Hall–Kier alpha value is -0.430. The summed E-state index contributed by atoms with van der Waals surface area (Å²) in [5.74, 6) is 0. The maximum Gasteiger partial charge on any atom is 0.304 e. The molecule has 0 aliphatic heterocycles. The van der Waals surface area contributed by atoms with Gasteiger partial charge in [0.15, 0.2) is 5.30 Å². The predicted molar refractivity (Wildman–Crippen MR) is 89.7 cm³/mol. The van der Waals surface area contributed by atoms with E-state index in [2.05, 4.69) is 72.5 Å². The summed E-state index contributed by atoms with van der Waals surface area (Å²) in [7, 11) is -2.01. The molecule has 20 heavy (non-hydrogen) atoms. The minimum absolute atomic E-state index is 0.140. The van der Waals surface area contributed by atoms with Gasteiger partial charge in [-0.15, -0.1) is 0 Å². The molecule has 0 atom stereocenters. The third-order valence-electron chi connectivity index (χ3n) is 2.71. The van der Waals surface area contributed by atoms with E-state index in [9.17, 15) is 0 Å². The molecule has 3 heteroatoms. The highest BCUT2D eigenvalue weighted by atomic mass is 31.2. The first kappa shape index (κ1) is 17.6. The molecule has 0 amide bonds. The summed E-state index contributed by atoms with van der Waals surface area (Å²) in [5, 5.41) is 1.17. The summed E-state index contributed by atoms with van der Waals surface area (Å²) in [4.78, 5) is 0. The van der Waals surface area contributed by atoms with Gasteiger partial charge in [0, 0.05) is 0 Å². The van der Waals surface area contributed by atoms with E-state index in [-0.39, 0.29) is 10.8 Å². The molecule has 0 spiro atoms. The molecule has 0 aliphatic rings. The molecule has 1 aromatic carbocycles. The second kappa shape index (κ2) is 6.56. The summed E-state index contributed by atoms with van der Waals surface area (Å²) in [6.45, 7) is 16.7. The first-order valence-electron chi connectivity index (χ1n) is 7.23. The highest BCUT2D eigenvalue weighted by Gasteiger charge is 2.41. The van der Waals surface area contributed by atoms with Gasteiger partial charge in [0.05, 0.1) is 13.2 Å². The van der Waals surface area contributed by atoms with Crippen LogP contribution in [0.1, 0.15) is 41.5 Å². The number of hydrogen-bond acceptors (Lipinski definition) is 2. The van der Waals surface area contributed by atoms with Crippen molar-refractivity contribution >= 4 is 13.0 Å². The molecule has 0 heterocycles. The number of rotatable bonds is 5. The molecule has 0 N–H and O–H groups in total. The van der Waals surface area contributed by atoms with Crippen molar-refractivity contribution < 1.29 is 9.05 Å². The summed E-state index contributed by atoms with van der Waals surface area (Å²) >= 11 is 0. The van der Waals surface area contributed by atoms with Gasteiger partial charge in [-0.25, -0.2) is 9.05 Å². The lowest BCUT2D eigenvalue weighted by Gasteiger charge is -2.27. The summed E-state index contributed by atoms with van der Waals surface area (Å²) < 4.78 is 12.5. The van der Waals surface area contributed by atoms with Gasteiger partial charge in [-0.05, 0) is 23.0 Å². The molecule has 1 rings (SSSR count). The van der Waals surface area contributed by atoms with E-state index in [0.717, 1.165) is 0 Å². The first-order valence-corrected chi connectivity index (χ1v) is 9.30. The topological polar surface area (TPSA) is 18.5 Å². The molecule has 0 fully saturated rings. The van der Waals surface area contributed by atoms with Crippen LogP contribution in [0.15, 0.2) is 30.3 Å².